The fourth-order valence-corrected chi connectivity index (χ4v) is 3.81. The third-order valence-electron chi connectivity index (χ3n) is 4.95. The van der Waals surface area contributed by atoms with Gasteiger partial charge in [0.25, 0.3) is 0 Å². The number of aromatic nitrogens is 3. The summed E-state index contributed by atoms with van der Waals surface area (Å²) in [6.07, 6.45) is 1.95. The Bertz CT molecular complexity index is 1060. The van der Waals surface area contributed by atoms with Gasteiger partial charge in [0.1, 0.15) is 0 Å². The first-order valence-corrected chi connectivity index (χ1v) is 9.26. The minimum Gasteiger partial charge on any atom is -0.300 e. The summed E-state index contributed by atoms with van der Waals surface area (Å²) in [5.41, 5.74) is 7.06. The van der Waals surface area contributed by atoms with E-state index in [0.29, 0.717) is 11.6 Å². The molecule has 1 heterocycles. The van der Waals surface area contributed by atoms with E-state index in [4.69, 9.17) is 11.6 Å². The Balaban J connectivity index is 1.39. The lowest BCUT2D eigenvalue weighted by atomic mass is 10.1. The molecule has 5 rings (SSSR count). The zero-order valence-electron chi connectivity index (χ0n) is 14.5. The Morgan fingerprint density at radius 1 is 0.852 bits per heavy atom. The lowest BCUT2D eigenvalue weighted by Gasteiger charge is -2.14. The monoisotopic (exact) mass is 372 g/mol. The van der Waals surface area contributed by atoms with Gasteiger partial charge in [0.15, 0.2) is 0 Å². The van der Waals surface area contributed by atoms with Crippen LogP contribution in [0.3, 0.4) is 0 Å². The summed E-state index contributed by atoms with van der Waals surface area (Å²) >= 11 is 5.95. The molecule has 0 amide bonds. The number of hydrogen-bond donors (Lipinski definition) is 1. The molecule has 1 aliphatic rings. The minimum absolute atomic E-state index is 0.165. The van der Waals surface area contributed by atoms with Gasteiger partial charge in [-0.05, 0) is 46.5 Å². The predicted molar refractivity (Wildman–Crippen MR) is 107 cm³/mol. The number of fused-ring (bicyclic) bond motifs is 3. The van der Waals surface area contributed by atoms with Crippen LogP contribution in [0.1, 0.15) is 22.9 Å². The van der Waals surface area contributed by atoms with E-state index >= 15 is 0 Å². The first-order valence-electron chi connectivity index (χ1n) is 8.88. The maximum atomic E-state index is 5.95. The fourth-order valence-electron chi connectivity index (χ4n) is 3.68. The molecule has 132 valence electrons. The topological polar surface area (TPSA) is 42.7 Å². The second-order valence-electron chi connectivity index (χ2n) is 6.62. The maximum absolute atomic E-state index is 5.95. The molecule has 1 N–H and O–H groups in total. The normalized spacial score (nSPS) is 12.8. The van der Waals surface area contributed by atoms with Crippen LogP contribution in [0.25, 0.3) is 16.8 Å². The molecule has 0 saturated heterocycles. The zero-order valence-corrected chi connectivity index (χ0v) is 15.3. The summed E-state index contributed by atoms with van der Waals surface area (Å²) in [6.45, 7) is 0.640. The molecular weight excluding hydrogens is 356 g/mol. The van der Waals surface area contributed by atoms with Gasteiger partial charge in [-0.15, -0.1) is 5.10 Å². The lowest BCUT2D eigenvalue weighted by Crippen LogP contribution is -2.20. The molecule has 1 aliphatic carbocycles. The van der Waals surface area contributed by atoms with Gasteiger partial charge in [0.05, 0.1) is 23.6 Å². The zero-order chi connectivity index (χ0) is 18.2. The Kier molecular flexibility index (Phi) is 4.00. The van der Waals surface area contributed by atoms with Gasteiger partial charge in [0.2, 0.25) is 0 Å². The van der Waals surface area contributed by atoms with Gasteiger partial charge in [-0.3, -0.25) is 0 Å². The van der Waals surface area contributed by atoms with Crippen molar-refractivity contribution in [3.8, 4) is 16.8 Å². The van der Waals surface area contributed by atoms with Crippen molar-refractivity contribution in [2.45, 2.75) is 12.6 Å². The van der Waals surface area contributed by atoms with E-state index < -0.39 is 0 Å². The average molecular weight is 373 g/mol. The van der Waals surface area contributed by atoms with Crippen molar-refractivity contribution in [2.75, 3.05) is 0 Å². The van der Waals surface area contributed by atoms with E-state index in [1.165, 1.54) is 22.3 Å². The molecule has 0 bridgehead atoms. The number of nitrogens with one attached hydrogen (secondary N) is 1. The molecule has 0 fully saturated rings. The number of hydrogen-bond acceptors (Lipinski definition) is 3. The second-order valence-corrected chi connectivity index (χ2v) is 7.06. The molecule has 0 radical (unpaired) electrons. The van der Waals surface area contributed by atoms with Crippen LogP contribution in [-0.4, -0.2) is 15.0 Å². The van der Waals surface area contributed by atoms with E-state index in [-0.39, 0.29) is 6.04 Å². The highest BCUT2D eigenvalue weighted by molar-refractivity contribution is 6.30. The standard InChI is InChI=1S/C22H17ClN4/c23-15-9-11-17(12-10-15)27-14-16(25-26-27)13-24-22-20-7-3-1-5-18(20)19-6-2-4-8-21(19)22/h1-12,14,22,24H,13H2. The van der Waals surface area contributed by atoms with Crippen LogP contribution in [0.2, 0.25) is 5.02 Å². The molecule has 1 aromatic heterocycles. The van der Waals surface area contributed by atoms with Gasteiger partial charge >= 0.3 is 0 Å². The van der Waals surface area contributed by atoms with Crippen LogP contribution in [0, 0.1) is 0 Å². The number of nitrogens with zero attached hydrogens (tertiary/aromatic N) is 3. The van der Waals surface area contributed by atoms with Crippen molar-refractivity contribution in [3.05, 3.63) is 101 Å². The van der Waals surface area contributed by atoms with Crippen LogP contribution >= 0.6 is 11.6 Å². The number of rotatable bonds is 4. The summed E-state index contributed by atoms with van der Waals surface area (Å²) < 4.78 is 1.77. The molecule has 0 saturated carbocycles. The van der Waals surface area contributed by atoms with E-state index in [0.717, 1.165) is 11.4 Å². The van der Waals surface area contributed by atoms with Crippen LogP contribution in [0.5, 0.6) is 0 Å². The van der Waals surface area contributed by atoms with E-state index in [2.05, 4.69) is 64.2 Å². The molecule has 0 atom stereocenters. The highest BCUT2D eigenvalue weighted by atomic mass is 35.5. The Morgan fingerprint density at radius 2 is 1.48 bits per heavy atom. The first kappa shape index (κ1) is 16.2. The van der Waals surface area contributed by atoms with Crippen molar-refractivity contribution in [1.82, 2.24) is 20.3 Å². The lowest BCUT2D eigenvalue weighted by molar-refractivity contribution is 0.605. The van der Waals surface area contributed by atoms with Crippen molar-refractivity contribution in [1.29, 1.82) is 0 Å². The molecular formula is C22H17ClN4. The number of benzene rings is 3. The van der Waals surface area contributed by atoms with Gasteiger partial charge in [-0.25, -0.2) is 4.68 Å². The molecule has 3 aromatic carbocycles. The van der Waals surface area contributed by atoms with Crippen LogP contribution < -0.4 is 5.32 Å². The minimum atomic E-state index is 0.165. The predicted octanol–water partition coefficient (Wildman–Crippen LogP) is 4.78. The molecule has 0 aliphatic heterocycles. The van der Waals surface area contributed by atoms with Gasteiger partial charge in [-0.1, -0.05) is 65.3 Å². The number of halogens is 1. The third-order valence-corrected chi connectivity index (χ3v) is 5.21. The van der Waals surface area contributed by atoms with Gasteiger partial charge in [0, 0.05) is 11.6 Å². The molecule has 5 heteroatoms. The Hall–Kier alpha value is -2.95. The largest absolute Gasteiger partial charge is 0.300 e. The van der Waals surface area contributed by atoms with E-state index in [9.17, 15) is 0 Å². The van der Waals surface area contributed by atoms with Crippen molar-refractivity contribution < 1.29 is 0 Å². The highest BCUT2D eigenvalue weighted by Crippen LogP contribution is 2.43. The smallest absolute Gasteiger partial charge is 0.0969 e. The maximum Gasteiger partial charge on any atom is 0.0969 e. The molecule has 27 heavy (non-hydrogen) atoms. The van der Waals surface area contributed by atoms with Crippen LogP contribution in [0.15, 0.2) is 79.0 Å². The summed E-state index contributed by atoms with van der Waals surface area (Å²) in [5, 5.41) is 12.9. The van der Waals surface area contributed by atoms with E-state index in [1.807, 2.05) is 30.5 Å². The van der Waals surface area contributed by atoms with E-state index in [1.54, 1.807) is 4.68 Å². The van der Waals surface area contributed by atoms with Crippen molar-refractivity contribution in [2.24, 2.45) is 0 Å². The average Bonchev–Trinajstić information content (AvgIpc) is 3.30. The molecule has 0 unspecified atom stereocenters. The van der Waals surface area contributed by atoms with Crippen LogP contribution in [0.4, 0.5) is 0 Å². The summed E-state index contributed by atoms with van der Waals surface area (Å²) in [6, 6.07) is 24.9. The summed E-state index contributed by atoms with van der Waals surface area (Å²) in [5.74, 6) is 0. The van der Waals surface area contributed by atoms with Gasteiger partial charge < -0.3 is 5.32 Å². The van der Waals surface area contributed by atoms with Gasteiger partial charge in [-0.2, -0.15) is 0 Å². The Morgan fingerprint density at radius 3 is 2.15 bits per heavy atom. The SMILES string of the molecule is Clc1ccc(-n2cc(CNC3c4ccccc4-c4ccccc43)nn2)cc1. The van der Waals surface area contributed by atoms with Crippen LogP contribution in [-0.2, 0) is 6.54 Å². The summed E-state index contributed by atoms with van der Waals surface area (Å²) in [4.78, 5) is 0. The molecule has 4 aromatic rings. The summed E-state index contributed by atoms with van der Waals surface area (Å²) in [7, 11) is 0. The first-order chi connectivity index (χ1) is 13.3. The highest BCUT2D eigenvalue weighted by Gasteiger charge is 2.27. The molecule has 0 spiro atoms. The fraction of sp³-hybridized carbons (Fsp3) is 0.0909. The van der Waals surface area contributed by atoms with Crippen molar-refractivity contribution >= 4 is 11.6 Å². The Labute approximate surface area is 162 Å². The van der Waals surface area contributed by atoms with Crippen molar-refractivity contribution in [3.63, 3.8) is 0 Å². The second kappa shape index (κ2) is 6.65. The molecule has 4 nitrogen and oxygen atoms in total. The quantitative estimate of drug-likeness (QED) is 0.560. The third kappa shape index (κ3) is 2.93.